The van der Waals surface area contributed by atoms with Crippen LogP contribution in [0.2, 0.25) is 0 Å². The maximum Gasteiger partial charge on any atom is 0.229 e. The summed E-state index contributed by atoms with van der Waals surface area (Å²) in [4.78, 5) is 20.6. The second-order valence-corrected chi connectivity index (χ2v) is 7.23. The third kappa shape index (κ3) is 2.67. The van der Waals surface area contributed by atoms with Crippen LogP contribution in [0.1, 0.15) is 19.3 Å². The van der Waals surface area contributed by atoms with Crippen molar-refractivity contribution in [2.45, 2.75) is 19.3 Å². The molecular formula is C16H17F2N3OS. The molecule has 122 valence electrons. The summed E-state index contributed by atoms with van der Waals surface area (Å²) in [7, 11) is 0. The molecule has 2 aliphatic rings. The average molecular weight is 337 g/mol. The summed E-state index contributed by atoms with van der Waals surface area (Å²) >= 11 is 1.27. The molecule has 0 saturated carbocycles. The maximum atomic E-state index is 13.7. The predicted molar refractivity (Wildman–Crippen MR) is 85.7 cm³/mol. The molecule has 2 aliphatic heterocycles. The number of hydrogen-bond donors (Lipinski definition) is 0. The SMILES string of the molecule is O=C(C1CN(c2nc3c(F)cc(F)cc3s2)C1)N1CCCCC1. The van der Waals surface area contributed by atoms with E-state index in [-0.39, 0.29) is 17.3 Å². The molecule has 3 heterocycles. The van der Waals surface area contributed by atoms with Crippen molar-refractivity contribution >= 4 is 32.6 Å². The Morgan fingerprint density at radius 1 is 1.17 bits per heavy atom. The minimum atomic E-state index is -0.635. The van der Waals surface area contributed by atoms with Gasteiger partial charge in [-0.15, -0.1) is 0 Å². The third-order valence-corrected chi connectivity index (χ3v) is 5.63. The smallest absolute Gasteiger partial charge is 0.229 e. The van der Waals surface area contributed by atoms with Crippen LogP contribution in [-0.4, -0.2) is 42.0 Å². The van der Waals surface area contributed by atoms with E-state index < -0.39 is 11.6 Å². The van der Waals surface area contributed by atoms with Crippen LogP contribution in [0, 0.1) is 17.6 Å². The topological polar surface area (TPSA) is 36.4 Å². The summed E-state index contributed by atoms with van der Waals surface area (Å²) in [5, 5.41) is 0.659. The van der Waals surface area contributed by atoms with Crippen LogP contribution in [0.3, 0.4) is 0 Å². The molecule has 0 unspecified atom stereocenters. The quantitative estimate of drug-likeness (QED) is 0.845. The normalized spacial score (nSPS) is 19.2. The van der Waals surface area contributed by atoms with Crippen LogP contribution >= 0.6 is 11.3 Å². The van der Waals surface area contributed by atoms with Crippen LogP contribution in [0.4, 0.5) is 13.9 Å². The van der Waals surface area contributed by atoms with E-state index in [4.69, 9.17) is 0 Å². The van der Waals surface area contributed by atoms with Crippen molar-refractivity contribution in [3.8, 4) is 0 Å². The van der Waals surface area contributed by atoms with Crippen molar-refractivity contribution in [1.29, 1.82) is 0 Å². The number of fused-ring (bicyclic) bond motifs is 1. The fraction of sp³-hybridized carbons (Fsp3) is 0.500. The number of thiazole rings is 1. The Kier molecular flexibility index (Phi) is 3.67. The number of nitrogens with zero attached hydrogens (tertiary/aromatic N) is 3. The number of anilines is 1. The molecule has 0 atom stereocenters. The maximum absolute atomic E-state index is 13.7. The minimum absolute atomic E-state index is 0.00157. The number of piperidine rings is 1. The van der Waals surface area contributed by atoms with Gasteiger partial charge in [0.05, 0.1) is 10.6 Å². The van der Waals surface area contributed by atoms with Crippen LogP contribution in [0.5, 0.6) is 0 Å². The molecule has 0 bridgehead atoms. The average Bonchev–Trinajstić information content (AvgIpc) is 2.90. The second-order valence-electron chi connectivity index (χ2n) is 6.22. The summed E-state index contributed by atoms with van der Waals surface area (Å²) in [6, 6.07) is 2.15. The van der Waals surface area contributed by atoms with Crippen molar-refractivity contribution in [2.75, 3.05) is 31.1 Å². The third-order valence-electron chi connectivity index (χ3n) is 4.57. The van der Waals surface area contributed by atoms with Crippen molar-refractivity contribution in [3.05, 3.63) is 23.8 Å². The summed E-state index contributed by atoms with van der Waals surface area (Å²) in [6.45, 7) is 2.94. The van der Waals surface area contributed by atoms with Crippen molar-refractivity contribution in [2.24, 2.45) is 5.92 Å². The number of halogens is 2. The van der Waals surface area contributed by atoms with E-state index in [1.54, 1.807) is 0 Å². The van der Waals surface area contributed by atoms with Crippen LogP contribution in [-0.2, 0) is 4.79 Å². The van der Waals surface area contributed by atoms with Gasteiger partial charge in [0, 0.05) is 32.2 Å². The highest BCUT2D eigenvalue weighted by Crippen LogP contribution is 2.35. The molecule has 0 N–H and O–H groups in total. The second kappa shape index (κ2) is 5.70. The number of amides is 1. The summed E-state index contributed by atoms with van der Waals surface area (Å²) in [6.07, 6.45) is 3.38. The Labute approximate surface area is 136 Å². The highest BCUT2D eigenvalue weighted by atomic mass is 32.1. The molecule has 2 saturated heterocycles. The number of hydrogen-bond acceptors (Lipinski definition) is 4. The molecule has 23 heavy (non-hydrogen) atoms. The van der Waals surface area contributed by atoms with Gasteiger partial charge in [-0.05, 0) is 25.3 Å². The van der Waals surface area contributed by atoms with Crippen molar-refractivity contribution in [3.63, 3.8) is 0 Å². The van der Waals surface area contributed by atoms with Gasteiger partial charge in [0.1, 0.15) is 11.3 Å². The lowest BCUT2D eigenvalue weighted by Gasteiger charge is -2.41. The minimum Gasteiger partial charge on any atom is -0.346 e. The van der Waals surface area contributed by atoms with Gasteiger partial charge in [0.25, 0.3) is 0 Å². The van der Waals surface area contributed by atoms with Gasteiger partial charge in [-0.1, -0.05) is 11.3 Å². The highest BCUT2D eigenvalue weighted by molar-refractivity contribution is 7.22. The zero-order chi connectivity index (χ0) is 16.0. The first-order valence-electron chi connectivity index (χ1n) is 7.91. The fourth-order valence-corrected chi connectivity index (χ4v) is 4.27. The Bertz CT molecular complexity index is 751. The number of aromatic nitrogens is 1. The Hall–Kier alpha value is -1.76. The van der Waals surface area contributed by atoms with E-state index >= 15 is 0 Å². The van der Waals surface area contributed by atoms with Crippen LogP contribution in [0.25, 0.3) is 10.2 Å². The lowest BCUT2D eigenvalue weighted by molar-refractivity contribution is -0.137. The Balaban J connectivity index is 1.45. The van der Waals surface area contributed by atoms with E-state index in [1.165, 1.54) is 23.8 Å². The largest absolute Gasteiger partial charge is 0.346 e. The van der Waals surface area contributed by atoms with Crippen molar-refractivity contribution in [1.82, 2.24) is 9.88 Å². The lowest BCUT2D eigenvalue weighted by Crippen LogP contribution is -2.55. The van der Waals surface area contributed by atoms with E-state index in [9.17, 15) is 13.6 Å². The van der Waals surface area contributed by atoms with E-state index in [1.807, 2.05) is 9.80 Å². The van der Waals surface area contributed by atoms with Crippen LogP contribution in [0.15, 0.2) is 12.1 Å². The predicted octanol–water partition coefficient (Wildman–Crippen LogP) is 3.02. The monoisotopic (exact) mass is 337 g/mol. The number of benzene rings is 1. The molecule has 1 aromatic heterocycles. The first kappa shape index (κ1) is 14.8. The van der Waals surface area contributed by atoms with Gasteiger partial charge in [0.15, 0.2) is 10.9 Å². The zero-order valence-corrected chi connectivity index (χ0v) is 13.4. The molecule has 1 aromatic carbocycles. The molecular weight excluding hydrogens is 320 g/mol. The lowest BCUT2D eigenvalue weighted by atomic mass is 9.98. The Morgan fingerprint density at radius 3 is 2.65 bits per heavy atom. The molecule has 0 spiro atoms. The molecule has 0 radical (unpaired) electrons. The number of carbonyl (C=O) groups is 1. The fourth-order valence-electron chi connectivity index (χ4n) is 3.24. The van der Waals surface area contributed by atoms with Gasteiger partial charge >= 0.3 is 0 Å². The standard InChI is InChI=1S/C16H17F2N3OS/c17-11-6-12(18)14-13(7-11)23-16(19-14)21-8-10(9-21)15(22)20-4-2-1-3-5-20/h6-7,10H,1-5,8-9H2. The molecule has 2 fully saturated rings. The summed E-state index contributed by atoms with van der Waals surface area (Å²) in [5.41, 5.74) is 0.206. The van der Waals surface area contributed by atoms with Gasteiger partial charge in [-0.3, -0.25) is 4.79 Å². The first-order valence-corrected chi connectivity index (χ1v) is 8.73. The summed E-state index contributed by atoms with van der Waals surface area (Å²) in [5.74, 6) is -1.00. The molecule has 0 aliphatic carbocycles. The molecule has 1 amide bonds. The molecule has 7 heteroatoms. The van der Waals surface area contributed by atoms with E-state index in [0.29, 0.717) is 22.9 Å². The number of likely N-dealkylation sites (tertiary alicyclic amines) is 1. The van der Waals surface area contributed by atoms with Gasteiger partial charge in [-0.25, -0.2) is 13.8 Å². The number of carbonyl (C=O) groups excluding carboxylic acids is 1. The molecule has 2 aromatic rings. The first-order chi connectivity index (χ1) is 11.1. The van der Waals surface area contributed by atoms with Crippen molar-refractivity contribution < 1.29 is 13.6 Å². The Morgan fingerprint density at radius 2 is 1.91 bits per heavy atom. The van der Waals surface area contributed by atoms with E-state index in [0.717, 1.165) is 32.0 Å². The van der Waals surface area contributed by atoms with Gasteiger partial charge in [0.2, 0.25) is 5.91 Å². The van der Waals surface area contributed by atoms with Gasteiger partial charge in [-0.2, -0.15) is 0 Å². The zero-order valence-electron chi connectivity index (χ0n) is 12.6. The van der Waals surface area contributed by atoms with E-state index in [2.05, 4.69) is 4.98 Å². The molecule has 4 rings (SSSR count). The number of rotatable bonds is 2. The molecule has 4 nitrogen and oxygen atoms in total. The summed E-state index contributed by atoms with van der Waals surface area (Å²) < 4.78 is 27.5. The van der Waals surface area contributed by atoms with Crippen LogP contribution < -0.4 is 4.90 Å². The highest BCUT2D eigenvalue weighted by Gasteiger charge is 2.37. The van der Waals surface area contributed by atoms with Gasteiger partial charge < -0.3 is 9.80 Å².